The van der Waals surface area contributed by atoms with Crippen molar-refractivity contribution in [3.63, 3.8) is 0 Å². The van der Waals surface area contributed by atoms with Crippen LogP contribution >= 0.6 is 0 Å². The molecule has 0 spiro atoms. The fraction of sp³-hybridized carbons (Fsp3) is 0.100. The highest BCUT2D eigenvalue weighted by Crippen LogP contribution is 2.31. The zero-order valence-electron chi connectivity index (χ0n) is 18.9. The van der Waals surface area contributed by atoms with Crippen molar-refractivity contribution < 1.29 is 19.0 Å². The number of carbonyl (C=O) groups is 1. The SMILES string of the molecule is C=C(C)C(=O)OCc1ccccc1-c1ccc(-c2ccc(-c3ccc(CO)cc3)c(F)c2)cc1. The highest BCUT2D eigenvalue weighted by atomic mass is 19.1. The van der Waals surface area contributed by atoms with E-state index in [9.17, 15) is 14.3 Å². The first-order chi connectivity index (χ1) is 16.5. The van der Waals surface area contributed by atoms with Gasteiger partial charge in [-0.15, -0.1) is 0 Å². The summed E-state index contributed by atoms with van der Waals surface area (Å²) in [7, 11) is 0. The molecule has 170 valence electrons. The smallest absolute Gasteiger partial charge is 0.333 e. The van der Waals surface area contributed by atoms with Crippen LogP contribution in [-0.2, 0) is 22.7 Å². The fourth-order valence-corrected chi connectivity index (χ4v) is 3.76. The number of benzene rings is 4. The lowest BCUT2D eigenvalue weighted by atomic mass is 9.96. The first-order valence-electron chi connectivity index (χ1n) is 11.0. The molecule has 4 aromatic rings. The summed E-state index contributed by atoms with van der Waals surface area (Å²) in [6, 6.07) is 28.0. The van der Waals surface area contributed by atoms with Crippen molar-refractivity contribution in [2.75, 3.05) is 0 Å². The number of ether oxygens (including phenoxy) is 1. The van der Waals surface area contributed by atoms with Crippen LogP contribution in [0.5, 0.6) is 0 Å². The average Bonchev–Trinajstić information content (AvgIpc) is 2.87. The van der Waals surface area contributed by atoms with Gasteiger partial charge < -0.3 is 9.84 Å². The van der Waals surface area contributed by atoms with Gasteiger partial charge in [0.25, 0.3) is 0 Å². The summed E-state index contributed by atoms with van der Waals surface area (Å²) in [5.41, 5.74) is 6.96. The number of halogens is 1. The van der Waals surface area contributed by atoms with E-state index >= 15 is 0 Å². The highest BCUT2D eigenvalue weighted by molar-refractivity contribution is 5.87. The largest absolute Gasteiger partial charge is 0.457 e. The summed E-state index contributed by atoms with van der Waals surface area (Å²) in [5, 5.41) is 9.20. The van der Waals surface area contributed by atoms with Gasteiger partial charge in [0.05, 0.1) is 6.61 Å². The van der Waals surface area contributed by atoms with E-state index in [-0.39, 0.29) is 19.0 Å². The number of hydrogen-bond donors (Lipinski definition) is 1. The molecule has 0 saturated heterocycles. The number of aliphatic hydroxyl groups excluding tert-OH is 1. The van der Waals surface area contributed by atoms with E-state index in [4.69, 9.17) is 4.74 Å². The Morgan fingerprint density at radius 3 is 2.06 bits per heavy atom. The molecule has 3 nitrogen and oxygen atoms in total. The lowest BCUT2D eigenvalue weighted by Gasteiger charge is -2.12. The first-order valence-corrected chi connectivity index (χ1v) is 11.0. The van der Waals surface area contributed by atoms with Gasteiger partial charge in [0.15, 0.2) is 0 Å². The number of hydrogen-bond acceptors (Lipinski definition) is 3. The molecule has 0 fully saturated rings. The van der Waals surface area contributed by atoms with Crippen LogP contribution in [0, 0.1) is 5.82 Å². The van der Waals surface area contributed by atoms with Gasteiger partial charge in [-0.05, 0) is 51.9 Å². The Morgan fingerprint density at radius 1 is 0.824 bits per heavy atom. The Balaban J connectivity index is 1.56. The van der Waals surface area contributed by atoms with Gasteiger partial charge in [0.2, 0.25) is 0 Å². The normalized spacial score (nSPS) is 10.7. The summed E-state index contributed by atoms with van der Waals surface area (Å²) in [4.78, 5) is 11.8. The maximum Gasteiger partial charge on any atom is 0.333 e. The quantitative estimate of drug-likeness (QED) is 0.244. The molecule has 0 saturated carbocycles. The van der Waals surface area contributed by atoms with Crippen molar-refractivity contribution in [3.8, 4) is 33.4 Å². The molecule has 0 radical (unpaired) electrons. The van der Waals surface area contributed by atoms with Gasteiger partial charge in [-0.2, -0.15) is 0 Å². The third-order valence-electron chi connectivity index (χ3n) is 5.67. The van der Waals surface area contributed by atoms with Gasteiger partial charge >= 0.3 is 5.97 Å². The third-order valence-corrected chi connectivity index (χ3v) is 5.67. The third kappa shape index (κ3) is 5.13. The van der Waals surface area contributed by atoms with Crippen LogP contribution in [-0.4, -0.2) is 11.1 Å². The van der Waals surface area contributed by atoms with E-state index in [1.165, 1.54) is 6.07 Å². The molecule has 0 unspecified atom stereocenters. The van der Waals surface area contributed by atoms with Crippen LogP contribution in [0.25, 0.3) is 33.4 Å². The van der Waals surface area contributed by atoms with Crippen LogP contribution in [0.2, 0.25) is 0 Å². The van der Waals surface area contributed by atoms with E-state index in [0.29, 0.717) is 11.1 Å². The minimum absolute atomic E-state index is 0.0399. The molecule has 0 aliphatic rings. The molecule has 0 atom stereocenters. The van der Waals surface area contributed by atoms with Gasteiger partial charge in [0, 0.05) is 11.1 Å². The van der Waals surface area contributed by atoms with Crippen LogP contribution in [0.1, 0.15) is 18.1 Å². The van der Waals surface area contributed by atoms with Gasteiger partial charge in [-0.25, -0.2) is 9.18 Å². The predicted octanol–water partition coefficient (Wildman–Crippen LogP) is 6.94. The van der Waals surface area contributed by atoms with Crippen molar-refractivity contribution >= 4 is 5.97 Å². The molecule has 4 heteroatoms. The Bertz CT molecular complexity index is 1320. The maximum atomic E-state index is 14.9. The van der Waals surface area contributed by atoms with E-state index in [1.54, 1.807) is 25.1 Å². The second-order valence-corrected chi connectivity index (χ2v) is 8.14. The number of aliphatic hydroxyl groups is 1. The molecule has 0 heterocycles. The fourth-order valence-electron chi connectivity index (χ4n) is 3.76. The molecule has 0 amide bonds. The molecule has 1 N–H and O–H groups in total. The van der Waals surface area contributed by atoms with E-state index in [2.05, 4.69) is 6.58 Å². The summed E-state index contributed by atoms with van der Waals surface area (Å²) in [6.07, 6.45) is 0. The van der Waals surface area contributed by atoms with Crippen LogP contribution in [0.4, 0.5) is 4.39 Å². The van der Waals surface area contributed by atoms with Crippen LogP contribution < -0.4 is 0 Å². The number of carbonyl (C=O) groups excluding carboxylic acids is 1. The molecule has 34 heavy (non-hydrogen) atoms. The lowest BCUT2D eigenvalue weighted by Crippen LogP contribution is -2.05. The zero-order valence-corrected chi connectivity index (χ0v) is 18.9. The Kier molecular flexibility index (Phi) is 7.00. The molecule has 0 aromatic heterocycles. The standard InChI is InChI=1S/C30H25FO3/c1-20(2)30(33)34-19-26-5-3-4-6-27(26)23-13-11-22(12-14-23)25-15-16-28(29(31)17-25)24-9-7-21(18-32)8-10-24/h3-17,32H,1,18-19H2,2H3. The van der Waals surface area contributed by atoms with Crippen LogP contribution in [0.3, 0.4) is 0 Å². The molecule has 4 rings (SSSR count). The maximum absolute atomic E-state index is 14.9. The number of rotatable bonds is 7. The minimum atomic E-state index is -0.417. The van der Waals surface area contributed by atoms with Crippen molar-refractivity contribution in [2.24, 2.45) is 0 Å². The summed E-state index contributed by atoms with van der Waals surface area (Å²) >= 11 is 0. The average molecular weight is 453 g/mol. The molecule has 0 aliphatic carbocycles. The van der Waals surface area contributed by atoms with Crippen LogP contribution in [0.15, 0.2) is 103 Å². The molecule has 0 aliphatic heterocycles. The Morgan fingerprint density at radius 2 is 1.41 bits per heavy atom. The van der Waals surface area contributed by atoms with Gasteiger partial charge in [-0.3, -0.25) is 0 Å². The second-order valence-electron chi connectivity index (χ2n) is 8.14. The van der Waals surface area contributed by atoms with Crippen molar-refractivity contribution in [1.29, 1.82) is 0 Å². The van der Waals surface area contributed by atoms with Crippen molar-refractivity contribution in [3.05, 3.63) is 120 Å². The Labute approximate surface area is 198 Å². The highest BCUT2D eigenvalue weighted by Gasteiger charge is 2.11. The van der Waals surface area contributed by atoms with Crippen molar-refractivity contribution in [1.82, 2.24) is 0 Å². The second kappa shape index (κ2) is 10.3. The first kappa shape index (κ1) is 23.1. The summed E-state index contributed by atoms with van der Waals surface area (Å²) in [6.45, 7) is 5.35. The topological polar surface area (TPSA) is 46.5 Å². The monoisotopic (exact) mass is 452 g/mol. The van der Waals surface area contributed by atoms with Gasteiger partial charge in [0.1, 0.15) is 12.4 Å². The van der Waals surface area contributed by atoms with Gasteiger partial charge in [-0.1, -0.05) is 91.5 Å². The summed E-state index contributed by atoms with van der Waals surface area (Å²) < 4.78 is 20.2. The Hall–Kier alpha value is -4.02. The zero-order chi connectivity index (χ0) is 24.1. The summed E-state index contributed by atoms with van der Waals surface area (Å²) in [5.74, 6) is -0.719. The van der Waals surface area contributed by atoms with E-state index in [0.717, 1.165) is 38.9 Å². The van der Waals surface area contributed by atoms with Crippen molar-refractivity contribution in [2.45, 2.75) is 20.1 Å². The predicted molar refractivity (Wildman–Crippen MR) is 133 cm³/mol. The van der Waals surface area contributed by atoms with E-state index < -0.39 is 5.97 Å². The lowest BCUT2D eigenvalue weighted by molar-refractivity contribution is -0.140. The molecular weight excluding hydrogens is 427 g/mol. The number of esters is 1. The molecule has 0 bridgehead atoms. The molecular formula is C30H25FO3. The molecule has 4 aromatic carbocycles. The minimum Gasteiger partial charge on any atom is -0.457 e. The van der Waals surface area contributed by atoms with E-state index in [1.807, 2.05) is 66.7 Å².